The molecule has 1 rings (SSSR count). The highest BCUT2D eigenvalue weighted by Crippen LogP contribution is 2.11. The van der Waals surface area contributed by atoms with Gasteiger partial charge in [-0.25, -0.2) is 4.79 Å². The predicted octanol–water partition coefficient (Wildman–Crippen LogP) is 0.402. The van der Waals surface area contributed by atoms with E-state index < -0.39 is 17.6 Å². The van der Waals surface area contributed by atoms with E-state index in [1.54, 1.807) is 27.7 Å². The number of aromatic nitrogens is 2. The minimum atomic E-state index is -0.927. The minimum Gasteiger partial charge on any atom is -0.481 e. The lowest BCUT2D eigenvalue weighted by Gasteiger charge is -2.17. The molecule has 21 heavy (non-hydrogen) atoms. The number of carbonyl (C=O) groups is 2. The molecule has 1 aromatic heterocycles. The smallest absolute Gasteiger partial charge is 0.345 e. The second-order valence-corrected chi connectivity index (χ2v) is 5.40. The van der Waals surface area contributed by atoms with Crippen LogP contribution in [0.3, 0.4) is 0 Å². The topological polar surface area (TPSA) is 112 Å². The van der Waals surface area contributed by atoms with Crippen molar-refractivity contribution >= 4 is 11.9 Å². The van der Waals surface area contributed by atoms with Gasteiger partial charge in [-0.05, 0) is 19.8 Å². The summed E-state index contributed by atoms with van der Waals surface area (Å²) in [6.07, 6.45) is 0.0614. The second kappa shape index (κ2) is 7.01. The summed E-state index contributed by atoms with van der Waals surface area (Å²) in [5.74, 6) is -1.91. The highest BCUT2D eigenvalue weighted by molar-refractivity contribution is 5.80. The molecule has 3 N–H and O–H groups in total. The number of amides is 1. The first-order chi connectivity index (χ1) is 9.72. The van der Waals surface area contributed by atoms with Crippen LogP contribution in [-0.2, 0) is 16.0 Å². The Morgan fingerprint density at radius 3 is 2.43 bits per heavy atom. The molecular weight excluding hydrogens is 274 g/mol. The fourth-order valence-electron chi connectivity index (χ4n) is 2.07. The Hall–Kier alpha value is -2.18. The van der Waals surface area contributed by atoms with Crippen molar-refractivity contribution in [2.24, 2.45) is 11.8 Å². The zero-order valence-corrected chi connectivity index (χ0v) is 12.7. The summed E-state index contributed by atoms with van der Waals surface area (Å²) in [5.41, 5.74) is 1.31. The third-order valence-corrected chi connectivity index (χ3v) is 3.43. The van der Waals surface area contributed by atoms with Crippen molar-refractivity contribution in [1.82, 2.24) is 15.3 Å². The molecule has 0 bridgehead atoms. The number of carboxylic acids is 1. The molecule has 1 atom stereocenters. The van der Waals surface area contributed by atoms with Gasteiger partial charge >= 0.3 is 11.7 Å². The monoisotopic (exact) mass is 295 g/mol. The first-order valence-electron chi connectivity index (χ1n) is 6.78. The standard InChI is InChI=1S/C14H21N3O4/c1-7(2)11(13(19)20)6-15-12(18)5-10-8(3)16-14(21)17-9(10)4/h7,11H,5-6H2,1-4H3,(H,15,18)(H,19,20)(H,16,17,21). The Morgan fingerprint density at radius 1 is 1.33 bits per heavy atom. The molecule has 1 amide bonds. The SMILES string of the molecule is Cc1nc(=O)[nH]c(C)c1CC(=O)NCC(C(=O)O)C(C)C. The molecule has 0 aromatic carbocycles. The molecule has 0 radical (unpaired) electrons. The van der Waals surface area contributed by atoms with E-state index in [2.05, 4.69) is 15.3 Å². The van der Waals surface area contributed by atoms with Crippen molar-refractivity contribution < 1.29 is 14.7 Å². The van der Waals surface area contributed by atoms with Crippen molar-refractivity contribution in [3.63, 3.8) is 0 Å². The normalized spacial score (nSPS) is 12.2. The lowest BCUT2D eigenvalue weighted by Crippen LogP contribution is -2.36. The molecule has 1 unspecified atom stereocenters. The Kier molecular flexibility index (Phi) is 5.63. The average molecular weight is 295 g/mol. The Morgan fingerprint density at radius 2 is 1.95 bits per heavy atom. The van der Waals surface area contributed by atoms with Crippen LogP contribution in [0.5, 0.6) is 0 Å². The Balaban J connectivity index is 2.71. The number of nitrogens with zero attached hydrogens (tertiary/aromatic N) is 1. The van der Waals surface area contributed by atoms with Crippen molar-refractivity contribution in [3.8, 4) is 0 Å². The molecule has 116 valence electrons. The van der Waals surface area contributed by atoms with Gasteiger partial charge in [-0.2, -0.15) is 4.98 Å². The van der Waals surface area contributed by atoms with E-state index in [1.165, 1.54) is 0 Å². The van der Waals surface area contributed by atoms with E-state index in [0.717, 1.165) is 0 Å². The maximum absolute atomic E-state index is 11.9. The highest BCUT2D eigenvalue weighted by Gasteiger charge is 2.22. The molecule has 0 aliphatic rings. The molecule has 7 heteroatoms. The summed E-state index contributed by atoms with van der Waals surface area (Å²) in [6, 6.07) is 0. The second-order valence-electron chi connectivity index (χ2n) is 5.40. The number of nitrogens with one attached hydrogen (secondary N) is 2. The first kappa shape index (κ1) is 16.9. The summed E-state index contributed by atoms with van der Waals surface area (Å²) in [5, 5.41) is 11.7. The number of hydrogen-bond acceptors (Lipinski definition) is 4. The summed E-state index contributed by atoms with van der Waals surface area (Å²) >= 11 is 0. The van der Waals surface area contributed by atoms with Crippen LogP contribution >= 0.6 is 0 Å². The molecular formula is C14H21N3O4. The zero-order valence-electron chi connectivity index (χ0n) is 12.7. The molecule has 0 fully saturated rings. The van der Waals surface area contributed by atoms with Gasteiger partial charge in [0.05, 0.1) is 12.3 Å². The van der Waals surface area contributed by atoms with Gasteiger partial charge in [-0.3, -0.25) is 9.59 Å². The molecule has 0 saturated carbocycles. The Labute approximate surface area is 122 Å². The number of aromatic amines is 1. The Bertz CT molecular complexity index is 566. The van der Waals surface area contributed by atoms with Gasteiger partial charge in [-0.15, -0.1) is 0 Å². The molecule has 0 aliphatic heterocycles. The van der Waals surface area contributed by atoms with E-state index in [0.29, 0.717) is 17.0 Å². The number of carbonyl (C=O) groups excluding carboxylic acids is 1. The van der Waals surface area contributed by atoms with Crippen molar-refractivity contribution in [2.75, 3.05) is 6.54 Å². The van der Waals surface area contributed by atoms with Gasteiger partial charge in [0.25, 0.3) is 0 Å². The van der Waals surface area contributed by atoms with Crippen LogP contribution in [0.4, 0.5) is 0 Å². The van der Waals surface area contributed by atoms with Crippen LogP contribution in [0.25, 0.3) is 0 Å². The van der Waals surface area contributed by atoms with Gasteiger partial charge in [0, 0.05) is 23.5 Å². The van der Waals surface area contributed by atoms with Gasteiger partial charge in [0.1, 0.15) is 0 Å². The summed E-state index contributed by atoms with van der Waals surface area (Å²) < 4.78 is 0. The lowest BCUT2D eigenvalue weighted by molar-refractivity contribution is -0.143. The maximum atomic E-state index is 11.9. The van der Waals surface area contributed by atoms with Crippen LogP contribution in [0, 0.1) is 25.7 Å². The number of carboxylic acid groups (broad SMARTS) is 1. The third kappa shape index (κ3) is 4.70. The van der Waals surface area contributed by atoms with Crippen LogP contribution in [0.2, 0.25) is 0 Å². The van der Waals surface area contributed by atoms with Crippen molar-refractivity contribution in [1.29, 1.82) is 0 Å². The molecule has 0 saturated heterocycles. The largest absolute Gasteiger partial charge is 0.481 e. The molecule has 7 nitrogen and oxygen atoms in total. The number of hydrogen-bond donors (Lipinski definition) is 3. The summed E-state index contributed by atoms with van der Waals surface area (Å²) in [7, 11) is 0. The van der Waals surface area contributed by atoms with Crippen LogP contribution in [0.1, 0.15) is 30.8 Å². The van der Waals surface area contributed by atoms with E-state index in [9.17, 15) is 14.4 Å². The number of rotatable bonds is 6. The molecule has 1 heterocycles. The summed E-state index contributed by atoms with van der Waals surface area (Å²) in [6.45, 7) is 7.04. The third-order valence-electron chi connectivity index (χ3n) is 3.43. The van der Waals surface area contributed by atoms with Crippen LogP contribution in [-0.4, -0.2) is 33.5 Å². The number of aryl methyl sites for hydroxylation is 2. The number of H-pyrrole nitrogens is 1. The molecule has 0 aliphatic carbocycles. The number of aliphatic carboxylic acids is 1. The zero-order chi connectivity index (χ0) is 16.2. The predicted molar refractivity (Wildman–Crippen MR) is 77.0 cm³/mol. The van der Waals surface area contributed by atoms with Gasteiger partial charge in [0.2, 0.25) is 5.91 Å². The lowest BCUT2D eigenvalue weighted by atomic mass is 9.96. The van der Waals surface area contributed by atoms with E-state index >= 15 is 0 Å². The van der Waals surface area contributed by atoms with Crippen molar-refractivity contribution in [2.45, 2.75) is 34.1 Å². The fourth-order valence-corrected chi connectivity index (χ4v) is 2.07. The first-order valence-corrected chi connectivity index (χ1v) is 6.78. The fraction of sp³-hybridized carbons (Fsp3) is 0.571. The van der Waals surface area contributed by atoms with Crippen LogP contribution in [0.15, 0.2) is 4.79 Å². The van der Waals surface area contributed by atoms with Gasteiger partial charge in [-0.1, -0.05) is 13.8 Å². The molecule has 1 aromatic rings. The summed E-state index contributed by atoms with van der Waals surface area (Å²) in [4.78, 5) is 40.5. The average Bonchev–Trinajstić information content (AvgIpc) is 2.33. The van der Waals surface area contributed by atoms with Gasteiger partial charge < -0.3 is 15.4 Å². The highest BCUT2D eigenvalue weighted by atomic mass is 16.4. The van der Waals surface area contributed by atoms with E-state index in [1.807, 2.05) is 0 Å². The van der Waals surface area contributed by atoms with E-state index in [4.69, 9.17) is 5.11 Å². The van der Waals surface area contributed by atoms with E-state index in [-0.39, 0.29) is 24.8 Å². The van der Waals surface area contributed by atoms with Gasteiger partial charge in [0.15, 0.2) is 0 Å². The van der Waals surface area contributed by atoms with Crippen LogP contribution < -0.4 is 11.0 Å². The quantitative estimate of drug-likeness (QED) is 0.703. The van der Waals surface area contributed by atoms with Crippen molar-refractivity contribution in [3.05, 3.63) is 27.4 Å². The minimum absolute atomic E-state index is 0.0614. The maximum Gasteiger partial charge on any atom is 0.345 e. The molecule has 0 spiro atoms.